The standard InChI is InChI=1S/C16H16F2N2O/c17-13-7-4-8-14(18)12(13)9-16(21)20-15(10-19)11-5-2-1-3-6-11/h1-8,15H,9-10,19H2,(H,20,21). The van der Waals surface area contributed by atoms with Gasteiger partial charge in [-0.3, -0.25) is 4.79 Å². The third kappa shape index (κ3) is 3.86. The fourth-order valence-electron chi connectivity index (χ4n) is 2.07. The van der Waals surface area contributed by atoms with Crippen LogP contribution in [0.25, 0.3) is 0 Å². The highest BCUT2D eigenvalue weighted by molar-refractivity contribution is 5.79. The maximum Gasteiger partial charge on any atom is 0.225 e. The molecule has 0 aliphatic rings. The molecule has 1 atom stereocenters. The van der Waals surface area contributed by atoms with Crippen molar-refractivity contribution in [3.63, 3.8) is 0 Å². The van der Waals surface area contributed by atoms with E-state index in [0.29, 0.717) is 0 Å². The van der Waals surface area contributed by atoms with E-state index in [0.717, 1.165) is 17.7 Å². The van der Waals surface area contributed by atoms with Gasteiger partial charge >= 0.3 is 0 Å². The zero-order chi connectivity index (χ0) is 15.2. The van der Waals surface area contributed by atoms with Gasteiger partial charge in [0.15, 0.2) is 0 Å². The first-order valence-electron chi connectivity index (χ1n) is 6.59. The van der Waals surface area contributed by atoms with Crippen LogP contribution in [-0.2, 0) is 11.2 Å². The summed E-state index contributed by atoms with van der Waals surface area (Å²) in [7, 11) is 0. The first kappa shape index (κ1) is 15.1. The number of carbonyl (C=O) groups excluding carboxylic acids is 1. The fourth-order valence-corrected chi connectivity index (χ4v) is 2.07. The van der Waals surface area contributed by atoms with Gasteiger partial charge in [-0.1, -0.05) is 36.4 Å². The lowest BCUT2D eigenvalue weighted by molar-refractivity contribution is -0.121. The minimum Gasteiger partial charge on any atom is -0.348 e. The van der Waals surface area contributed by atoms with Crippen LogP contribution in [0.3, 0.4) is 0 Å². The van der Waals surface area contributed by atoms with E-state index in [1.165, 1.54) is 6.07 Å². The third-order valence-corrected chi connectivity index (χ3v) is 3.17. The Kier molecular flexibility index (Phi) is 5.00. The molecule has 21 heavy (non-hydrogen) atoms. The molecule has 110 valence electrons. The van der Waals surface area contributed by atoms with E-state index < -0.39 is 17.5 Å². The number of halogens is 2. The summed E-state index contributed by atoms with van der Waals surface area (Å²) in [4.78, 5) is 12.0. The largest absolute Gasteiger partial charge is 0.348 e. The summed E-state index contributed by atoms with van der Waals surface area (Å²) >= 11 is 0. The number of rotatable bonds is 5. The van der Waals surface area contributed by atoms with Crippen molar-refractivity contribution in [1.82, 2.24) is 5.32 Å². The van der Waals surface area contributed by atoms with Crippen molar-refractivity contribution >= 4 is 5.91 Å². The summed E-state index contributed by atoms with van der Waals surface area (Å²) < 4.78 is 27.0. The Bertz CT molecular complexity index is 597. The molecule has 1 unspecified atom stereocenters. The highest BCUT2D eigenvalue weighted by Crippen LogP contribution is 2.14. The van der Waals surface area contributed by atoms with E-state index in [9.17, 15) is 13.6 Å². The summed E-state index contributed by atoms with van der Waals surface area (Å²) in [6.07, 6.45) is -0.359. The molecule has 0 heterocycles. The average molecular weight is 290 g/mol. The number of nitrogens with one attached hydrogen (secondary N) is 1. The number of hydrogen-bond acceptors (Lipinski definition) is 2. The molecule has 0 aliphatic carbocycles. The Balaban J connectivity index is 2.07. The maximum absolute atomic E-state index is 13.5. The van der Waals surface area contributed by atoms with Crippen molar-refractivity contribution in [3.05, 3.63) is 71.3 Å². The Labute approximate surface area is 121 Å². The van der Waals surface area contributed by atoms with Crippen LogP contribution >= 0.6 is 0 Å². The van der Waals surface area contributed by atoms with Crippen molar-refractivity contribution in [2.45, 2.75) is 12.5 Å². The van der Waals surface area contributed by atoms with Gasteiger partial charge in [0, 0.05) is 12.1 Å². The van der Waals surface area contributed by atoms with E-state index in [1.807, 2.05) is 30.3 Å². The van der Waals surface area contributed by atoms with Crippen LogP contribution in [0.4, 0.5) is 8.78 Å². The lowest BCUT2D eigenvalue weighted by Gasteiger charge is -2.17. The van der Waals surface area contributed by atoms with Crippen molar-refractivity contribution in [3.8, 4) is 0 Å². The maximum atomic E-state index is 13.5. The van der Waals surface area contributed by atoms with Gasteiger partial charge in [-0.15, -0.1) is 0 Å². The predicted octanol–water partition coefficient (Wildman–Crippen LogP) is 2.32. The molecule has 0 bridgehead atoms. The quantitative estimate of drug-likeness (QED) is 0.888. The Morgan fingerprint density at radius 3 is 2.24 bits per heavy atom. The molecule has 3 nitrogen and oxygen atoms in total. The third-order valence-electron chi connectivity index (χ3n) is 3.17. The number of carbonyl (C=O) groups is 1. The van der Waals surface area contributed by atoms with E-state index in [4.69, 9.17) is 5.73 Å². The second kappa shape index (κ2) is 6.95. The minimum absolute atomic E-state index is 0.204. The van der Waals surface area contributed by atoms with Crippen molar-refractivity contribution in [2.24, 2.45) is 5.73 Å². The van der Waals surface area contributed by atoms with Crippen molar-refractivity contribution in [1.29, 1.82) is 0 Å². The number of benzene rings is 2. The number of hydrogen-bond donors (Lipinski definition) is 2. The lowest BCUT2D eigenvalue weighted by atomic mass is 10.1. The molecule has 0 saturated carbocycles. The van der Waals surface area contributed by atoms with Gasteiger partial charge in [-0.25, -0.2) is 8.78 Å². The zero-order valence-corrected chi connectivity index (χ0v) is 11.4. The smallest absolute Gasteiger partial charge is 0.225 e. The average Bonchev–Trinajstić information content (AvgIpc) is 2.49. The highest BCUT2D eigenvalue weighted by atomic mass is 19.1. The minimum atomic E-state index is -0.728. The van der Waals surface area contributed by atoms with Crippen LogP contribution in [0, 0.1) is 11.6 Å². The van der Waals surface area contributed by atoms with Crippen LogP contribution in [-0.4, -0.2) is 12.5 Å². The fraction of sp³-hybridized carbons (Fsp3) is 0.188. The van der Waals surface area contributed by atoms with E-state index >= 15 is 0 Å². The normalized spacial score (nSPS) is 12.0. The predicted molar refractivity (Wildman–Crippen MR) is 76.4 cm³/mol. The lowest BCUT2D eigenvalue weighted by Crippen LogP contribution is -2.34. The zero-order valence-electron chi connectivity index (χ0n) is 11.4. The molecule has 0 spiro atoms. The van der Waals surface area contributed by atoms with Crippen LogP contribution in [0.5, 0.6) is 0 Å². The summed E-state index contributed by atoms with van der Waals surface area (Å²) in [5.41, 5.74) is 6.26. The molecule has 2 aromatic rings. The van der Waals surface area contributed by atoms with Gasteiger partial charge in [0.05, 0.1) is 12.5 Å². The summed E-state index contributed by atoms with van der Waals surface area (Å²) in [6, 6.07) is 12.3. The van der Waals surface area contributed by atoms with Gasteiger partial charge in [0.1, 0.15) is 11.6 Å². The van der Waals surface area contributed by atoms with Crippen LogP contribution in [0.2, 0.25) is 0 Å². The van der Waals surface area contributed by atoms with Crippen molar-refractivity contribution in [2.75, 3.05) is 6.54 Å². The SMILES string of the molecule is NCC(NC(=O)Cc1c(F)cccc1F)c1ccccc1. The molecule has 0 radical (unpaired) electrons. The molecule has 0 saturated heterocycles. The topological polar surface area (TPSA) is 55.1 Å². The van der Waals surface area contributed by atoms with Crippen LogP contribution in [0.15, 0.2) is 48.5 Å². The van der Waals surface area contributed by atoms with Gasteiger partial charge in [-0.05, 0) is 17.7 Å². The Hall–Kier alpha value is -2.27. The summed E-state index contributed by atoms with van der Waals surface area (Å²) in [6.45, 7) is 0.204. The Morgan fingerprint density at radius 2 is 1.67 bits per heavy atom. The first-order valence-corrected chi connectivity index (χ1v) is 6.59. The molecule has 0 aromatic heterocycles. The first-order chi connectivity index (χ1) is 10.1. The van der Waals surface area contributed by atoms with Gasteiger partial charge in [0.2, 0.25) is 5.91 Å². The second-order valence-corrected chi connectivity index (χ2v) is 4.64. The molecular weight excluding hydrogens is 274 g/mol. The van der Waals surface area contributed by atoms with Gasteiger partial charge < -0.3 is 11.1 Å². The van der Waals surface area contributed by atoms with Gasteiger partial charge in [0.25, 0.3) is 0 Å². The van der Waals surface area contributed by atoms with Crippen LogP contribution < -0.4 is 11.1 Å². The summed E-state index contributed by atoms with van der Waals surface area (Å²) in [5.74, 6) is -1.93. The molecule has 3 N–H and O–H groups in total. The Morgan fingerprint density at radius 1 is 1.05 bits per heavy atom. The van der Waals surface area contributed by atoms with Crippen molar-refractivity contribution < 1.29 is 13.6 Å². The highest BCUT2D eigenvalue weighted by Gasteiger charge is 2.16. The van der Waals surface area contributed by atoms with Gasteiger partial charge in [-0.2, -0.15) is 0 Å². The monoisotopic (exact) mass is 290 g/mol. The molecule has 2 aromatic carbocycles. The second-order valence-electron chi connectivity index (χ2n) is 4.64. The van der Waals surface area contributed by atoms with E-state index in [-0.39, 0.29) is 24.6 Å². The molecule has 0 aliphatic heterocycles. The number of amides is 1. The van der Waals surface area contributed by atoms with E-state index in [2.05, 4.69) is 5.32 Å². The molecule has 2 rings (SSSR count). The molecule has 5 heteroatoms. The number of nitrogens with two attached hydrogens (primary N) is 1. The molecule has 1 amide bonds. The molecular formula is C16H16F2N2O. The van der Waals surface area contributed by atoms with E-state index in [1.54, 1.807) is 0 Å². The molecule has 0 fully saturated rings. The van der Waals surface area contributed by atoms with Crippen LogP contribution in [0.1, 0.15) is 17.2 Å². The summed E-state index contributed by atoms with van der Waals surface area (Å²) in [5, 5.41) is 2.69.